The number of aryl methyl sites for hydroxylation is 1. The molecule has 0 aliphatic heterocycles. The van der Waals surface area contributed by atoms with Crippen LogP contribution in [0.25, 0.3) is 16.8 Å². The Morgan fingerprint density at radius 1 is 1.28 bits per heavy atom. The number of pyridine rings is 1. The molecule has 32 heavy (non-hydrogen) atoms. The second-order valence-corrected chi connectivity index (χ2v) is 7.51. The van der Waals surface area contributed by atoms with Gasteiger partial charge in [0.1, 0.15) is 17.2 Å². The molecular weight excluding hydrogens is 413 g/mol. The van der Waals surface area contributed by atoms with Crippen LogP contribution in [0.1, 0.15) is 27.4 Å². The van der Waals surface area contributed by atoms with Gasteiger partial charge in [0.25, 0.3) is 0 Å². The molecule has 0 bridgehead atoms. The molecular formula is C23H24FN5O3. The third-order valence-corrected chi connectivity index (χ3v) is 5.46. The van der Waals surface area contributed by atoms with Gasteiger partial charge in [-0.3, -0.25) is 4.68 Å². The van der Waals surface area contributed by atoms with Crippen LogP contribution in [-0.2, 0) is 20.0 Å². The van der Waals surface area contributed by atoms with Gasteiger partial charge in [0.05, 0.1) is 18.5 Å². The molecule has 4 rings (SSSR count). The maximum atomic E-state index is 14.0. The lowest BCUT2D eigenvalue weighted by molar-refractivity contribution is 0.0688. The van der Waals surface area contributed by atoms with Crippen molar-refractivity contribution in [1.29, 1.82) is 0 Å². The zero-order valence-electron chi connectivity index (χ0n) is 18.1. The molecule has 2 N–H and O–H groups in total. The fourth-order valence-electron chi connectivity index (χ4n) is 3.74. The fraction of sp³-hybridized carbons (Fsp3) is 0.261. The minimum absolute atomic E-state index is 0.00990. The number of nitrogens with zero attached hydrogens (tertiary/aromatic N) is 4. The standard InChI is InChI=1S/C23H24FN5O3/c1-14-18(22(23(30)31)27-28(14)3)8-9-32-20-10-16(24)5-6-19(20)15-4-7-21-26-12-17(11-25-2)29(21)13-15/h4-7,10,12-13,25H,8-9,11H2,1-3H3,(H,30,31). The lowest BCUT2D eigenvalue weighted by atomic mass is 10.1. The number of hydrogen-bond donors (Lipinski definition) is 2. The molecule has 8 nitrogen and oxygen atoms in total. The Hall–Kier alpha value is -3.72. The number of fused-ring (bicyclic) bond motifs is 1. The Morgan fingerprint density at radius 3 is 2.84 bits per heavy atom. The van der Waals surface area contributed by atoms with Crippen molar-refractivity contribution in [1.82, 2.24) is 24.5 Å². The zero-order chi connectivity index (χ0) is 22.8. The van der Waals surface area contributed by atoms with Gasteiger partial charge in [-0.15, -0.1) is 0 Å². The van der Waals surface area contributed by atoms with Crippen LogP contribution < -0.4 is 10.1 Å². The van der Waals surface area contributed by atoms with Crippen LogP contribution in [0.2, 0.25) is 0 Å². The van der Waals surface area contributed by atoms with Gasteiger partial charge in [-0.1, -0.05) is 0 Å². The summed E-state index contributed by atoms with van der Waals surface area (Å²) in [7, 11) is 3.57. The number of carboxylic acids is 1. The van der Waals surface area contributed by atoms with Crippen LogP contribution in [0.15, 0.2) is 42.7 Å². The average molecular weight is 437 g/mol. The number of aromatic carboxylic acids is 1. The number of imidazole rings is 1. The summed E-state index contributed by atoms with van der Waals surface area (Å²) in [4.78, 5) is 15.9. The van der Waals surface area contributed by atoms with E-state index in [0.29, 0.717) is 24.3 Å². The first-order valence-corrected chi connectivity index (χ1v) is 10.2. The first-order valence-electron chi connectivity index (χ1n) is 10.2. The highest BCUT2D eigenvalue weighted by molar-refractivity contribution is 5.87. The maximum Gasteiger partial charge on any atom is 0.356 e. The minimum atomic E-state index is -1.08. The largest absolute Gasteiger partial charge is 0.492 e. The lowest BCUT2D eigenvalue weighted by Gasteiger charge is -2.13. The fourth-order valence-corrected chi connectivity index (χ4v) is 3.74. The van der Waals surface area contributed by atoms with Crippen molar-refractivity contribution < 1.29 is 19.0 Å². The SMILES string of the molecule is CNCc1cnc2ccc(-c3ccc(F)cc3OCCc3c(C(=O)O)nn(C)c3C)cn12. The molecule has 166 valence electrons. The van der Waals surface area contributed by atoms with Crippen molar-refractivity contribution in [2.45, 2.75) is 19.9 Å². The Morgan fingerprint density at radius 2 is 2.09 bits per heavy atom. The molecule has 4 aromatic rings. The normalized spacial score (nSPS) is 11.2. The van der Waals surface area contributed by atoms with Crippen LogP contribution in [0.4, 0.5) is 4.39 Å². The highest BCUT2D eigenvalue weighted by Gasteiger charge is 2.19. The molecule has 3 aromatic heterocycles. The summed E-state index contributed by atoms with van der Waals surface area (Å²) >= 11 is 0. The summed E-state index contributed by atoms with van der Waals surface area (Å²) in [5, 5.41) is 16.6. The summed E-state index contributed by atoms with van der Waals surface area (Å²) in [5.74, 6) is -1.11. The second kappa shape index (κ2) is 8.80. The van der Waals surface area contributed by atoms with E-state index in [9.17, 15) is 14.3 Å². The number of halogens is 1. The average Bonchev–Trinajstić information content (AvgIpc) is 3.29. The van der Waals surface area contributed by atoms with E-state index >= 15 is 0 Å². The molecule has 0 spiro atoms. The number of benzene rings is 1. The van der Waals surface area contributed by atoms with E-state index in [1.807, 2.05) is 42.9 Å². The van der Waals surface area contributed by atoms with E-state index in [1.54, 1.807) is 13.1 Å². The molecule has 9 heteroatoms. The lowest BCUT2D eigenvalue weighted by Crippen LogP contribution is -2.08. The van der Waals surface area contributed by atoms with Gasteiger partial charge in [-0.2, -0.15) is 5.10 Å². The smallest absolute Gasteiger partial charge is 0.356 e. The Balaban J connectivity index is 1.62. The Labute approximate surface area is 184 Å². The van der Waals surface area contributed by atoms with Crippen molar-refractivity contribution >= 4 is 11.6 Å². The van der Waals surface area contributed by atoms with Gasteiger partial charge in [0.15, 0.2) is 5.69 Å². The highest BCUT2D eigenvalue weighted by Crippen LogP contribution is 2.31. The molecule has 0 aliphatic carbocycles. The molecule has 0 saturated carbocycles. The summed E-state index contributed by atoms with van der Waals surface area (Å²) < 4.78 is 23.5. The van der Waals surface area contributed by atoms with Gasteiger partial charge < -0.3 is 19.6 Å². The summed E-state index contributed by atoms with van der Waals surface area (Å²) in [6, 6.07) is 8.23. The van der Waals surface area contributed by atoms with E-state index < -0.39 is 11.8 Å². The molecule has 0 amide bonds. The van der Waals surface area contributed by atoms with Gasteiger partial charge >= 0.3 is 5.97 Å². The quantitative estimate of drug-likeness (QED) is 0.440. The molecule has 0 fully saturated rings. The second-order valence-electron chi connectivity index (χ2n) is 7.51. The van der Waals surface area contributed by atoms with Gasteiger partial charge in [0.2, 0.25) is 0 Å². The number of rotatable bonds is 8. The topological polar surface area (TPSA) is 93.7 Å². The number of ether oxygens (including phenoxy) is 1. The minimum Gasteiger partial charge on any atom is -0.492 e. The maximum absolute atomic E-state index is 14.0. The molecule has 0 aliphatic rings. The Bertz CT molecular complexity index is 1290. The molecule has 0 saturated heterocycles. The molecule has 1 aromatic carbocycles. The van der Waals surface area contributed by atoms with Crippen LogP contribution in [-0.4, -0.2) is 43.9 Å². The first-order chi connectivity index (χ1) is 15.4. The van der Waals surface area contributed by atoms with Crippen molar-refractivity contribution in [3.8, 4) is 16.9 Å². The predicted molar refractivity (Wildman–Crippen MR) is 117 cm³/mol. The summed E-state index contributed by atoms with van der Waals surface area (Å²) in [6.07, 6.45) is 4.10. The van der Waals surface area contributed by atoms with Gasteiger partial charge in [-0.25, -0.2) is 14.2 Å². The Kier molecular flexibility index (Phi) is 5.91. The van der Waals surface area contributed by atoms with E-state index in [4.69, 9.17) is 4.74 Å². The third-order valence-electron chi connectivity index (χ3n) is 5.46. The van der Waals surface area contributed by atoms with Gasteiger partial charge in [-0.05, 0) is 38.2 Å². The van der Waals surface area contributed by atoms with Gasteiger partial charge in [0, 0.05) is 54.7 Å². The van der Waals surface area contributed by atoms with Crippen LogP contribution in [0.3, 0.4) is 0 Å². The van der Waals surface area contributed by atoms with Crippen LogP contribution >= 0.6 is 0 Å². The molecule has 3 heterocycles. The number of carboxylic acid groups (broad SMARTS) is 1. The molecule has 0 radical (unpaired) electrons. The number of aromatic nitrogens is 4. The number of carbonyl (C=O) groups is 1. The van der Waals surface area contributed by atoms with Crippen molar-refractivity contribution in [3.63, 3.8) is 0 Å². The van der Waals surface area contributed by atoms with Crippen LogP contribution in [0.5, 0.6) is 5.75 Å². The van der Waals surface area contributed by atoms with E-state index in [1.165, 1.54) is 16.8 Å². The summed E-state index contributed by atoms with van der Waals surface area (Å²) in [6.45, 7) is 2.65. The number of hydrogen-bond acceptors (Lipinski definition) is 5. The zero-order valence-corrected chi connectivity index (χ0v) is 18.1. The monoisotopic (exact) mass is 437 g/mol. The molecule has 0 atom stereocenters. The predicted octanol–water partition coefficient (Wildman–Crippen LogP) is 3.22. The van der Waals surface area contributed by atoms with E-state index in [0.717, 1.165) is 28.2 Å². The molecule has 0 unspecified atom stereocenters. The van der Waals surface area contributed by atoms with Crippen molar-refractivity contribution in [3.05, 3.63) is 71.2 Å². The summed E-state index contributed by atoms with van der Waals surface area (Å²) in [5.41, 5.74) is 4.78. The van der Waals surface area contributed by atoms with Crippen molar-refractivity contribution in [2.75, 3.05) is 13.7 Å². The van der Waals surface area contributed by atoms with E-state index in [-0.39, 0.29) is 12.3 Å². The first kappa shape index (κ1) is 21.5. The van der Waals surface area contributed by atoms with E-state index in [2.05, 4.69) is 15.4 Å². The van der Waals surface area contributed by atoms with Crippen LogP contribution in [0, 0.1) is 12.7 Å². The number of nitrogens with one attached hydrogen (secondary N) is 1. The third kappa shape index (κ3) is 4.06. The van der Waals surface area contributed by atoms with Crippen molar-refractivity contribution in [2.24, 2.45) is 7.05 Å². The highest BCUT2D eigenvalue weighted by atomic mass is 19.1.